The molecule has 3 N–H and O–H groups in total. The van der Waals surface area contributed by atoms with E-state index < -0.39 is 0 Å². The van der Waals surface area contributed by atoms with Gasteiger partial charge < -0.3 is 20.1 Å². The molecule has 1 atom stereocenters. The summed E-state index contributed by atoms with van der Waals surface area (Å²) in [7, 11) is 0. The van der Waals surface area contributed by atoms with Gasteiger partial charge in [0.05, 0.1) is 29.8 Å². The molecule has 12 heteroatoms. The molecule has 2 aliphatic carbocycles. The number of nitrogens with one attached hydrogen (secondary N) is 1. The number of nitrogens with zero attached hydrogens (tertiary/aromatic N) is 6. The van der Waals surface area contributed by atoms with Crippen LogP contribution >= 0.6 is 11.3 Å². The predicted molar refractivity (Wildman–Crippen MR) is 174 cm³/mol. The number of likely N-dealkylation sites (tertiary alicyclic amines) is 1. The van der Waals surface area contributed by atoms with Crippen molar-refractivity contribution in [3.05, 3.63) is 34.1 Å². The molecule has 11 nitrogen and oxygen atoms in total. The smallest absolute Gasteiger partial charge is 0.278 e. The lowest BCUT2D eigenvalue weighted by molar-refractivity contribution is -0.0386. The Bertz CT molecular complexity index is 1510. The second-order valence-electron chi connectivity index (χ2n) is 14.1. The van der Waals surface area contributed by atoms with Crippen molar-refractivity contribution in [3.63, 3.8) is 0 Å². The molecule has 4 aliphatic rings. The van der Waals surface area contributed by atoms with Gasteiger partial charge in [0.25, 0.3) is 5.91 Å². The molecular formula is C33H46N8O3S. The van der Waals surface area contributed by atoms with Gasteiger partial charge in [-0.15, -0.1) is 11.3 Å². The van der Waals surface area contributed by atoms with E-state index in [1.165, 1.54) is 50.1 Å². The SMILES string of the molecule is CC1CCN([C@H]2CC[C@H](OCc3csc(NC(=O)c4nn(C5CCCCO5)c5c4C(C)(C)Cc4cnc(N)nc4-5)n3)CC2)CC1. The van der Waals surface area contributed by atoms with E-state index in [1.54, 1.807) is 6.20 Å². The minimum atomic E-state index is -0.380. The van der Waals surface area contributed by atoms with Gasteiger partial charge in [0.15, 0.2) is 17.1 Å². The van der Waals surface area contributed by atoms with E-state index in [0.717, 1.165) is 66.2 Å². The third kappa shape index (κ3) is 6.39. The predicted octanol–water partition coefficient (Wildman–Crippen LogP) is 5.72. The summed E-state index contributed by atoms with van der Waals surface area (Å²) in [6.45, 7) is 10.2. The summed E-state index contributed by atoms with van der Waals surface area (Å²) in [6.07, 6.45) is 12.6. The van der Waals surface area contributed by atoms with Gasteiger partial charge in [-0.25, -0.2) is 19.6 Å². The number of aromatic nitrogens is 5. The van der Waals surface area contributed by atoms with Gasteiger partial charge in [0, 0.05) is 29.8 Å². The van der Waals surface area contributed by atoms with Gasteiger partial charge in [0.1, 0.15) is 0 Å². The highest BCUT2D eigenvalue weighted by Crippen LogP contribution is 2.46. The molecule has 3 aromatic rings. The molecule has 1 saturated carbocycles. The lowest BCUT2D eigenvalue weighted by Gasteiger charge is -2.40. The van der Waals surface area contributed by atoms with Crippen LogP contribution in [-0.4, -0.2) is 67.4 Å². The Morgan fingerprint density at radius 3 is 2.69 bits per heavy atom. The Morgan fingerprint density at radius 1 is 1.13 bits per heavy atom. The van der Waals surface area contributed by atoms with Crippen LogP contribution in [0, 0.1) is 5.92 Å². The Kier molecular flexibility index (Phi) is 8.66. The maximum atomic E-state index is 13.9. The second kappa shape index (κ2) is 12.7. The molecule has 3 fully saturated rings. The van der Waals surface area contributed by atoms with Crippen LogP contribution in [0.5, 0.6) is 0 Å². The fourth-order valence-electron chi connectivity index (χ4n) is 7.67. The third-order valence-electron chi connectivity index (χ3n) is 10.2. The van der Waals surface area contributed by atoms with Gasteiger partial charge in [0.2, 0.25) is 5.95 Å². The first-order valence-electron chi connectivity index (χ1n) is 16.7. The maximum absolute atomic E-state index is 13.9. The molecule has 0 radical (unpaired) electrons. The van der Waals surface area contributed by atoms with Gasteiger partial charge >= 0.3 is 0 Å². The minimum absolute atomic E-state index is 0.199. The molecule has 2 saturated heterocycles. The third-order valence-corrected chi connectivity index (χ3v) is 11.0. The number of rotatable bonds is 7. The molecule has 0 spiro atoms. The normalized spacial score (nSPS) is 25.4. The van der Waals surface area contributed by atoms with Gasteiger partial charge in [-0.05, 0) is 94.2 Å². The van der Waals surface area contributed by atoms with E-state index in [-0.39, 0.29) is 29.6 Å². The molecule has 1 amide bonds. The number of carbonyl (C=O) groups is 1. The molecule has 0 bridgehead atoms. The number of carbonyl (C=O) groups excluding carboxylic acids is 1. The van der Waals surface area contributed by atoms with E-state index in [9.17, 15) is 4.79 Å². The summed E-state index contributed by atoms with van der Waals surface area (Å²) in [5.41, 5.74) is 10.2. The molecule has 0 aromatic carbocycles. The first-order chi connectivity index (χ1) is 21.7. The number of anilines is 2. The molecule has 5 heterocycles. The molecule has 242 valence electrons. The summed E-state index contributed by atoms with van der Waals surface area (Å²) < 4.78 is 14.3. The maximum Gasteiger partial charge on any atom is 0.278 e. The van der Waals surface area contributed by atoms with Crippen LogP contribution in [0.1, 0.15) is 112 Å². The number of ether oxygens (including phenoxy) is 2. The van der Waals surface area contributed by atoms with Crippen molar-refractivity contribution in [2.45, 2.75) is 115 Å². The summed E-state index contributed by atoms with van der Waals surface area (Å²) in [4.78, 5) is 30.2. The van der Waals surface area contributed by atoms with E-state index in [1.807, 2.05) is 10.1 Å². The number of nitrogen functional groups attached to an aromatic ring is 1. The number of amides is 1. The number of nitrogens with two attached hydrogens (primary N) is 1. The summed E-state index contributed by atoms with van der Waals surface area (Å²) in [5, 5.41) is 10.5. The molecular weight excluding hydrogens is 588 g/mol. The van der Waals surface area contributed by atoms with Gasteiger partial charge in [-0.1, -0.05) is 20.8 Å². The summed E-state index contributed by atoms with van der Waals surface area (Å²) >= 11 is 1.42. The van der Waals surface area contributed by atoms with E-state index in [2.05, 4.69) is 41.0 Å². The Hall–Kier alpha value is -2.93. The number of thiazole rings is 1. The quantitative estimate of drug-likeness (QED) is 0.335. The lowest BCUT2D eigenvalue weighted by atomic mass is 9.73. The van der Waals surface area contributed by atoms with Crippen LogP contribution in [0.15, 0.2) is 11.6 Å². The van der Waals surface area contributed by atoms with Crippen molar-refractivity contribution in [3.8, 4) is 11.4 Å². The molecule has 3 aromatic heterocycles. The fraction of sp³-hybridized carbons (Fsp3) is 0.667. The van der Waals surface area contributed by atoms with E-state index >= 15 is 0 Å². The average molecular weight is 635 g/mol. The zero-order valence-electron chi connectivity index (χ0n) is 26.8. The van der Waals surface area contributed by atoms with Crippen molar-refractivity contribution in [1.82, 2.24) is 29.6 Å². The minimum Gasteiger partial charge on any atom is -0.372 e. The van der Waals surface area contributed by atoms with Crippen LogP contribution in [0.2, 0.25) is 0 Å². The summed E-state index contributed by atoms with van der Waals surface area (Å²) in [5.74, 6) is 0.781. The second-order valence-corrected chi connectivity index (χ2v) is 14.9. The van der Waals surface area contributed by atoms with E-state index in [4.69, 9.17) is 25.3 Å². The number of hydrogen-bond acceptors (Lipinski definition) is 10. The standard InChI is InChI=1S/C33H46N8O3S/c1-20-11-13-40(14-12-20)23-7-9-24(10-8-23)44-18-22-19-45-32(36-22)38-30(42)28-26-29(41(39-28)25-6-4-5-15-43-25)27-21(16-33(26,2)3)17-35-31(34)37-27/h17,19-20,23-25H,4-16,18H2,1-3H3,(H2,34,35,37)(H,36,38,42)/t23-,24-,25?. The first kappa shape index (κ1) is 30.7. The number of fused-ring (bicyclic) bond motifs is 3. The Morgan fingerprint density at radius 2 is 1.93 bits per heavy atom. The van der Waals surface area contributed by atoms with E-state index in [0.29, 0.717) is 36.5 Å². The summed E-state index contributed by atoms with van der Waals surface area (Å²) in [6, 6.07) is 0.709. The molecule has 2 aliphatic heterocycles. The fourth-order valence-corrected chi connectivity index (χ4v) is 8.36. The number of hydrogen-bond donors (Lipinski definition) is 2. The average Bonchev–Trinajstić information content (AvgIpc) is 3.67. The van der Waals surface area contributed by atoms with Crippen molar-refractivity contribution in [2.75, 3.05) is 30.7 Å². The molecule has 1 unspecified atom stereocenters. The van der Waals surface area contributed by atoms with Gasteiger partial charge in [-0.2, -0.15) is 5.10 Å². The monoisotopic (exact) mass is 634 g/mol. The van der Waals surface area contributed by atoms with Crippen LogP contribution in [-0.2, 0) is 27.9 Å². The highest BCUT2D eigenvalue weighted by molar-refractivity contribution is 7.14. The Balaban J connectivity index is 1.04. The van der Waals surface area contributed by atoms with Crippen molar-refractivity contribution < 1.29 is 14.3 Å². The highest BCUT2D eigenvalue weighted by Gasteiger charge is 2.42. The topological polar surface area (TPSA) is 133 Å². The van der Waals surface area contributed by atoms with Crippen LogP contribution in [0.4, 0.5) is 11.1 Å². The Labute approximate surface area is 269 Å². The number of piperidine rings is 1. The first-order valence-corrected chi connectivity index (χ1v) is 17.6. The zero-order valence-corrected chi connectivity index (χ0v) is 27.6. The lowest BCUT2D eigenvalue weighted by Crippen LogP contribution is -2.43. The van der Waals surface area contributed by atoms with Crippen molar-refractivity contribution >= 4 is 28.3 Å². The van der Waals surface area contributed by atoms with Crippen LogP contribution in [0.25, 0.3) is 11.4 Å². The highest BCUT2D eigenvalue weighted by atomic mass is 32.1. The molecule has 7 rings (SSSR count). The van der Waals surface area contributed by atoms with Crippen molar-refractivity contribution in [2.24, 2.45) is 5.92 Å². The molecule has 45 heavy (non-hydrogen) atoms. The zero-order chi connectivity index (χ0) is 31.1. The van der Waals surface area contributed by atoms with Crippen molar-refractivity contribution in [1.29, 1.82) is 0 Å². The largest absolute Gasteiger partial charge is 0.372 e. The van der Waals surface area contributed by atoms with Crippen LogP contribution < -0.4 is 11.1 Å². The van der Waals surface area contributed by atoms with Gasteiger partial charge in [-0.3, -0.25) is 10.1 Å². The van der Waals surface area contributed by atoms with Crippen LogP contribution in [0.3, 0.4) is 0 Å².